The van der Waals surface area contributed by atoms with Crippen molar-refractivity contribution >= 4 is 5.78 Å². The maximum Gasteiger partial charge on any atom is 0.161 e. The number of Topliss-reactive ketones (excluding diaryl/α,β-unsaturated/α-hetero) is 1. The van der Waals surface area contributed by atoms with E-state index in [1.165, 1.54) is 19.3 Å². The first-order valence-electron chi connectivity index (χ1n) is 7.00. The van der Waals surface area contributed by atoms with Crippen LogP contribution < -0.4 is 0 Å². The van der Waals surface area contributed by atoms with Gasteiger partial charge in [-0.05, 0) is 32.6 Å². The second-order valence-electron chi connectivity index (χ2n) is 5.39. The van der Waals surface area contributed by atoms with Gasteiger partial charge in [-0.1, -0.05) is 19.3 Å². The highest BCUT2D eigenvalue weighted by Gasteiger charge is 2.40. The number of hydrogen-bond acceptors (Lipinski definition) is 3. The Morgan fingerprint density at radius 2 is 2.12 bits per heavy atom. The average molecular weight is 240 g/mol. The van der Waals surface area contributed by atoms with Crippen LogP contribution >= 0.6 is 0 Å². The molecule has 1 saturated carbocycles. The van der Waals surface area contributed by atoms with Gasteiger partial charge in [-0.25, -0.2) is 0 Å². The van der Waals surface area contributed by atoms with Crippen LogP contribution in [0.1, 0.15) is 51.9 Å². The van der Waals surface area contributed by atoms with Crippen molar-refractivity contribution in [3.8, 4) is 0 Å². The molecule has 2 rings (SSSR count). The van der Waals surface area contributed by atoms with Gasteiger partial charge in [0.25, 0.3) is 0 Å². The van der Waals surface area contributed by atoms with E-state index < -0.39 is 0 Å². The lowest BCUT2D eigenvalue weighted by atomic mass is 9.75. The first-order chi connectivity index (χ1) is 8.26. The molecule has 1 aliphatic heterocycles. The van der Waals surface area contributed by atoms with E-state index in [1.54, 1.807) is 0 Å². The van der Waals surface area contributed by atoms with Crippen LogP contribution in [0.4, 0.5) is 0 Å². The van der Waals surface area contributed by atoms with E-state index in [0.29, 0.717) is 6.61 Å². The van der Waals surface area contributed by atoms with E-state index in [0.717, 1.165) is 32.3 Å². The zero-order chi connectivity index (χ0) is 12.1. The molecule has 1 aliphatic carbocycles. The third kappa shape index (κ3) is 3.29. The summed E-state index contributed by atoms with van der Waals surface area (Å²) in [5.74, 6) is 0.452. The van der Waals surface area contributed by atoms with Crippen molar-refractivity contribution in [1.29, 1.82) is 0 Å². The largest absolute Gasteiger partial charge is 0.375 e. The number of ether oxygens (including phenoxy) is 2. The molecule has 2 aliphatic rings. The molecule has 3 heteroatoms. The van der Waals surface area contributed by atoms with E-state index in [9.17, 15) is 4.79 Å². The number of ketones is 1. The van der Waals surface area contributed by atoms with Crippen LogP contribution in [0.25, 0.3) is 0 Å². The fraction of sp³-hybridized carbons (Fsp3) is 0.929. The molecule has 3 nitrogen and oxygen atoms in total. The van der Waals surface area contributed by atoms with Crippen LogP contribution in [0, 0.1) is 5.92 Å². The molecule has 0 radical (unpaired) electrons. The van der Waals surface area contributed by atoms with E-state index in [2.05, 4.69) is 0 Å². The molecular formula is C14H24O3. The van der Waals surface area contributed by atoms with Gasteiger partial charge >= 0.3 is 0 Å². The van der Waals surface area contributed by atoms with Gasteiger partial charge in [0, 0.05) is 19.1 Å². The van der Waals surface area contributed by atoms with Crippen molar-refractivity contribution < 1.29 is 14.3 Å². The molecule has 2 fully saturated rings. The minimum Gasteiger partial charge on any atom is -0.375 e. The average Bonchev–Trinajstić information content (AvgIpc) is 2.37. The topological polar surface area (TPSA) is 35.5 Å². The third-order valence-corrected chi connectivity index (χ3v) is 4.16. The van der Waals surface area contributed by atoms with E-state index in [-0.39, 0.29) is 23.9 Å². The fourth-order valence-electron chi connectivity index (χ4n) is 3.17. The van der Waals surface area contributed by atoms with E-state index >= 15 is 0 Å². The van der Waals surface area contributed by atoms with Crippen LogP contribution in [-0.2, 0) is 14.3 Å². The van der Waals surface area contributed by atoms with Gasteiger partial charge in [0.1, 0.15) is 6.61 Å². The third-order valence-electron chi connectivity index (χ3n) is 4.16. The lowest BCUT2D eigenvalue weighted by Gasteiger charge is -2.43. The minimum absolute atomic E-state index is 0.0308. The van der Waals surface area contributed by atoms with Crippen LogP contribution in [-0.4, -0.2) is 31.2 Å². The van der Waals surface area contributed by atoms with Gasteiger partial charge in [-0.3, -0.25) is 4.79 Å². The summed E-state index contributed by atoms with van der Waals surface area (Å²) in [4.78, 5) is 12.0. The van der Waals surface area contributed by atoms with E-state index in [1.807, 2.05) is 6.92 Å². The molecule has 0 aromatic carbocycles. The summed E-state index contributed by atoms with van der Waals surface area (Å²) in [5.41, 5.74) is 0.0308. The Morgan fingerprint density at radius 1 is 1.35 bits per heavy atom. The highest BCUT2D eigenvalue weighted by Crippen LogP contribution is 2.40. The second-order valence-corrected chi connectivity index (χ2v) is 5.39. The highest BCUT2D eigenvalue weighted by atomic mass is 16.5. The van der Waals surface area contributed by atoms with Gasteiger partial charge in [0.05, 0.1) is 5.60 Å². The monoisotopic (exact) mass is 240 g/mol. The summed E-state index contributed by atoms with van der Waals surface area (Å²) in [6, 6.07) is 0. The lowest BCUT2D eigenvalue weighted by Crippen LogP contribution is -2.44. The number of rotatable bonds is 4. The maximum absolute atomic E-state index is 12.0. The Morgan fingerprint density at radius 3 is 2.82 bits per heavy atom. The van der Waals surface area contributed by atoms with Crippen molar-refractivity contribution in [2.24, 2.45) is 5.92 Å². The molecule has 0 aromatic rings. The number of carbonyl (C=O) groups is 1. The van der Waals surface area contributed by atoms with Gasteiger partial charge < -0.3 is 9.47 Å². The fourth-order valence-corrected chi connectivity index (χ4v) is 3.17. The van der Waals surface area contributed by atoms with Crippen molar-refractivity contribution in [1.82, 2.24) is 0 Å². The maximum atomic E-state index is 12.0. The number of hydrogen-bond donors (Lipinski definition) is 0. The summed E-state index contributed by atoms with van der Waals surface area (Å²) < 4.78 is 11.2. The van der Waals surface area contributed by atoms with Crippen molar-refractivity contribution in [2.45, 2.75) is 57.5 Å². The molecular weight excluding hydrogens is 216 g/mol. The SMILES string of the molecule is CCOCC(=O)C1CCOC2(CCCCC2)C1. The smallest absolute Gasteiger partial charge is 0.161 e. The molecule has 0 bridgehead atoms. The summed E-state index contributed by atoms with van der Waals surface area (Å²) >= 11 is 0. The highest BCUT2D eigenvalue weighted by molar-refractivity contribution is 5.82. The lowest BCUT2D eigenvalue weighted by molar-refractivity contribution is -0.146. The molecule has 98 valence electrons. The van der Waals surface area contributed by atoms with Gasteiger partial charge in [-0.15, -0.1) is 0 Å². The normalized spacial score (nSPS) is 28.2. The summed E-state index contributed by atoms with van der Waals surface area (Å²) in [7, 11) is 0. The second kappa shape index (κ2) is 5.96. The Balaban J connectivity index is 1.89. The summed E-state index contributed by atoms with van der Waals surface area (Å²) in [6.45, 7) is 3.60. The molecule has 1 unspecified atom stereocenters. The molecule has 1 spiro atoms. The van der Waals surface area contributed by atoms with Crippen LogP contribution in [0.2, 0.25) is 0 Å². The van der Waals surface area contributed by atoms with Gasteiger partial charge in [-0.2, -0.15) is 0 Å². The summed E-state index contributed by atoms with van der Waals surface area (Å²) in [5, 5.41) is 0. The van der Waals surface area contributed by atoms with Crippen LogP contribution in [0.3, 0.4) is 0 Å². The molecule has 0 N–H and O–H groups in total. The molecule has 0 amide bonds. The van der Waals surface area contributed by atoms with Crippen LogP contribution in [0.15, 0.2) is 0 Å². The first kappa shape index (κ1) is 13.0. The Kier molecular flexibility index (Phi) is 4.57. The summed E-state index contributed by atoms with van der Waals surface area (Å²) in [6.07, 6.45) is 7.94. The first-order valence-corrected chi connectivity index (χ1v) is 7.00. The minimum atomic E-state index is 0.0308. The molecule has 0 aromatic heterocycles. The van der Waals surface area contributed by atoms with Crippen LogP contribution in [0.5, 0.6) is 0 Å². The predicted octanol–water partition coefficient (Wildman–Crippen LogP) is 2.72. The van der Waals surface area contributed by atoms with Gasteiger partial charge in [0.2, 0.25) is 0 Å². The van der Waals surface area contributed by atoms with E-state index in [4.69, 9.17) is 9.47 Å². The Labute approximate surface area is 104 Å². The molecule has 1 atom stereocenters. The molecule has 1 heterocycles. The zero-order valence-electron chi connectivity index (χ0n) is 10.9. The quantitative estimate of drug-likeness (QED) is 0.758. The Hall–Kier alpha value is -0.410. The van der Waals surface area contributed by atoms with Crippen molar-refractivity contribution in [3.05, 3.63) is 0 Å². The predicted molar refractivity (Wildman–Crippen MR) is 66.0 cm³/mol. The Bertz CT molecular complexity index is 251. The van der Waals surface area contributed by atoms with Crippen molar-refractivity contribution in [3.63, 3.8) is 0 Å². The molecule has 1 saturated heterocycles. The van der Waals surface area contributed by atoms with Gasteiger partial charge in [0.15, 0.2) is 5.78 Å². The zero-order valence-corrected chi connectivity index (χ0v) is 10.9. The molecule has 17 heavy (non-hydrogen) atoms. The van der Waals surface area contributed by atoms with Crippen molar-refractivity contribution in [2.75, 3.05) is 19.8 Å². The number of carbonyl (C=O) groups excluding carboxylic acids is 1. The standard InChI is InChI=1S/C14H24O3/c1-2-16-11-13(15)12-6-9-17-14(10-12)7-4-3-5-8-14/h12H,2-11H2,1H3.